The van der Waals surface area contributed by atoms with Crippen molar-refractivity contribution in [1.29, 1.82) is 0 Å². The van der Waals surface area contributed by atoms with E-state index in [4.69, 9.17) is 0 Å². The van der Waals surface area contributed by atoms with Crippen LogP contribution in [0.1, 0.15) is 33.6 Å². The number of hydrogen-bond donors (Lipinski definition) is 0. The molecule has 8 heteroatoms. The maximum atomic E-state index is 13.9. The minimum Gasteiger partial charge on any atom is -0.339 e. The van der Waals surface area contributed by atoms with E-state index in [0.717, 1.165) is 23.8 Å². The second-order valence-electron chi connectivity index (χ2n) is 6.08. The zero-order chi connectivity index (χ0) is 17.1. The van der Waals surface area contributed by atoms with E-state index in [2.05, 4.69) is 20.6 Å². The van der Waals surface area contributed by atoms with Gasteiger partial charge in [-0.05, 0) is 35.8 Å². The average Bonchev–Trinajstić information content (AvgIpc) is 3.28. The van der Waals surface area contributed by atoms with Gasteiger partial charge in [0.2, 0.25) is 0 Å². The van der Waals surface area contributed by atoms with Crippen LogP contribution in [0.5, 0.6) is 0 Å². The fraction of sp³-hybridized carbons (Fsp3) is 0.562. The molecule has 0 aromatic carbocycles. The summed E-state index contributed by atoms with van der Waals surface area (Å²) >= 11 is 2.82. The van der Waals surface area contributed by atoms with Gasteiger partial charge in [0.25, 0.3) is 5.91 Å². The van der Waals surface area contributed by atoms with Gasteiger partial charge in [0.15, 0.2) is 0 Å². The summed E-state index contributed by atoms with van der Waals surface area (Å²) in [5.41, 5.74) is 0.738. The molecule has 1 saturated heterocycles. The van der Waals surface area contributed by atoms with Crippen LogP contribution >= 0.6 is 22.9 Å². The van der Waals surface area contributed by atoms with Crippen molar-refractivity contribution < 1.29 is 9.18 Å². The smallest absolute Gasteiger partial charge is 0.267 e. The SMILES string of the molecule is CCc1nnsc1C(=O)N(C)C[C@@H]1C[C@H](F)CN1Cc1cccs1. The van der Waals surface area contributed by atoms with Crippen LogP contribution in [-0.2, 0) is 13.0 Å². The quantitative estimate of drug-likeness (QED) is 0.787. The van der Waals surface area contributed by atoms with Crippen LogP contribution < -0.4 is 0 Å². The van der Waals surface area contributed by atoms with Crippen LogP contribution in [0.4, 0.5) is 4.39 Å². The van der Waals surface area contributed by atoms with Crippen molar-refractivity contribution in [3.05, 3.63) is 33.0 Å². The number of halogens is 1. The Bertz CT molecular complexity index is 675. The molecule has 0 spiro atoms. The van der Waals surface area contributed by atoms with Gasteiger partial charge in [-0.3, -0.25) is 9.69 Å². The van der Waals surface area contributed by atoms with E-state index in [1.807, 2.05) is 18.4 Å². The molecular formula is C16H21FN4OS2. The number of aromatic nitrogens is 2. The number of likely N-dealkylation sites (N-methyl/N-ethyl adjacent to an activating group) is 1. The van der Waals surface area contributed by atoms with Crippen molar-refractivity contribution in [1.82, 2.24) is 19.4 Å². The van der Waals surface area contributed by atoms with E-state index in [1.54, 1.807) is 23.3 Å². The maximum absolute atomic E-state index is 13.9. The molecule has 2 aromatic rings. The Morgan fingerprint density at radius 3 is 3.08 bits per heavy atom. The molecule has 0 N–H and O–H groups in total. The first-order chi connectivity index (χ1) is 11.6. The Morgan fingerprint density at radius 1 is 1.54 bits per heavy atom. The normalized spacial score (nSPS) is 21.3. The summed E-state index contributed by atoms with van der Waals surface area (Å²) in [4.78, 5) is 18.3. The lowest BCUT2D eigenvalue weighted by molar-refractivity contribution is 0.0753. The summed E-state index contributed by atoms with van der Waals surface area (Å²) < 4.78 is 17.8. The van der Waals surface area contributed by atoms with Crippen LogP contribution in [-0.4, -0.2) is 57.6 Å². The molecule has 3 heterocycles. The number of carbonyl (C=O) groups is 1. The van der Waals surface area contributed by atoms with Crippen molar-refractivity contribution in [3.8, 4) is 0 Å². The predicted molar refractivity (Wildman–Crippen MR) is 94.3 cm³/mol. The van der Waals surface area contributed by atoms with Crippen molar-refractivity contribution >= 4 is 28.8 Å². The summed E-state index contributed by atoms with van der Waals surface area (Å²) in [5.74, 6) is -0.0692. The van der Waals surface area contributed by atoms with Crippen LogP contribution in [0.25, 0.3) is 0 Å². The lowest BCUT2D eigenvalue weighted by atomic mass is 10.2. The molecule has 0 unspecified atom stereocenters. The summed E-state index contributed by atoms with van der Waals surface area (Å²) in [6.45, 7) is 3.66. The van der Waals surface area contributed by atoms with E-state index in [1.165, 1.54) is 4.88 Å². The van der Waals surface area contributed by atoms with Crippen molar-refractivity contribution in [2.24, 2.45) is 0 Å². The zero-order valence-corrected chi connectivity index (χ0v) is 15.4. The minimum absolute atomic E-state index is 0.0435. The summed E-state index contributed by atoms with van der Waals surface area (Å²) in [7, 11) is 1.77. The fourth-order valence-corrected chi connectivity index (χ4v) is 4.56. The van der Waals surface area contributed by atoms with E-state index in [0.29, 0.717) is 30.8 Å². The molecule has 3 rings (SSSR count). The number of likely N-dealkylation sites (tertiary alicyclic amines) is 1. The first-order valence-corrected chi connectivity index (χ1v) is 9.71. The molecule has 0 radical (unpaired) electrons. The van der Waals surface area contributed by atoms with Crippen molar-refractivity contribution in [3.63, 3.8) is 0 Å². The molecule has 0 bridgehead atoms. The molecule has 2 atom stereocenters. The van der Waals surface area contributed by atoms with Gasteiger partial charge in [0, 0.05) is 37.6 Å². The van der Waals surface area contributed by atoms with Crippen LogP contribution in [0, 0.1) is 0 Å². The second-order valence-corrected chi connectivity index (χ2v) is 7.87. The van der Waals surface area contributed by atoms with Gasteiger partial charge in [-0.1, -0.05) is 17.5 Å². The largest absolute Gasteiger partial charge is 0.339 e. The van der Waals surface area contributed by atoms with Gasteiger partial charge in [-0.25, -0.2) is 4.39 Å². The molecular weight excluding hydrogens is 347 g/mol. The Morgan fingerprint density at radius 2 is 2.38 bits per heavy atom. The van der Waals surface area contributed by atoms with Gasteiger partial charge < -0.3 is 4.90 Å². The number of thiophene rings is 1. The molecule has 130 valence electrons. The van der Waals surface area contributed by atoms with Crippen LogP contribution in [0.3, 0.4) is 0 Å². The molecule has 24 heavy (non-hydrogen) atoms. The van der Waals surface area contributed by atoms with Gasteiger partial charge in [0.05, 0.1) is 5.69 Å². The zero-order valence-electron chi connectivity index (χ0n) is 13.8. The molecule has 2 aromatic heterocycles. The van der Waals surface area contributed by atoms with Gasteiger partial charge in [0.1, 0.15) is 11.0 Å². The number of amides is 1. The third-order valence-corrected chi connectivity index (χ3v) is 5.95. The number of rotatable bonds is 6. The van der Waals surface area contributed by atoms with E-state index < -0.39 is 6.17 Å². The van der Waals surface area contributed by atoms with Crippen molar-refractivity contribution in [2.45, 2.75) is 38.5 Å². The summed E-state index contributed by atoms with van der Waals surface area (Å²) in [5, 5.41) is 6.03. The highest BCUT2D eigenvalue weighted by atomic mass is 32.1. The topological polar surface area (TPSA) is 49.3 Å². The Hall–Kier alpha value is -1.38. The minimum atomic E-state index is -0.824. The maximum Gasteiger partial charge on any atom is 0.267 e. The first-order valence-electron chi connectivity index (χ1n) is 8.05. The number of nitrogens with zero attached hydrogens (tertiary/aromatic N) is 4. The van der Waals surface area contributed by atoms with Gasteiger partial charge >= 0.3 is 0 Å². The lowest BCUT2D eigenvalue weighted by Crippen LogP contribution is -2.40. The predicted octanol–water partition coefficient (Wildman–Crippen LogP) is 2.85. The molecule has 0 aliphatic carbocycles. The molecule has 1 amide bonds. The standard InChI is InChI=1S/C16H21FN4OS2/c1-3-14-15(24-19-18-14)16(22)20(2)9-12-7-11(17)8-21(12)10-13-5-4-6-23-13/h4-6,11-12H,3,7-10H2,1-2H3/t11-,12-/m0/s1. The first kappa shape index (κ1) is 17.4. The fourth-order valence-electron chi connectivity index (χ4n) is 3.08. The van der Waals surface area contributed by atoms with Gasteiger partial charge in [-0.2, -0.15) is 0 Å². The molecule has 1 aliphatic heterocycles. The van der Waals surface area contributed by atoms with Crippen LogP contribution in [0.2, 0.25) is 0 Å². The summed E-state index contributed by atoms with van der Waals surface area (Å²) in [6.07, 6.45) is 0.339. The van der Waals surface area contributed by atoms with E-state index >= 15 is 0 Å². The highest BCUT2D eigenvalue weighted by molar-refractivity contribution is 7.09. The van der Waals surface area contributed by atoms with E-state index in [9.17, 15) is 9.18 Å². The summed E-state index contributed by atoms with van der Waals surface area (Å²) in [6, 6.07) is 4.12. The molecule has 1 fully saturated rings. The highest BCUT2D eigenvalue weighted by Gasteiger charge is 2.34. The number of carbonyl (C=O) groups excluding carboxylic acids is 1. The molecule has 5 nitrogen and oxygen atoms in total. The third-order valence-electron chi connectivity index (χ3n) is 4.33. The van der Waals surface area contributed by atoms with Crippen LogP contribution in [0.15, 0.2) is 17.5 Å². The molecule has 1 aliphatic rings. The highest BCUT2D eigenvalue weighted by Crippen LogP contribution is 2.25. The second kappa shape index (κ2) is 7.67. The Labute approximate surface area is 149 Å². The number of aryl methyl sites for hydroxylation is 1. The Balaban J connectivity index is 1.65. The molecule has 0 saturated carbocycles. The Kier molecular flexibility index (Phi) is 5.57. The van der Waals surface area contributed by atoms with Gasteiger partial charge in [-0.15, -0.1) is 16.4 Å². The number of alkyl halides is 1. The third kappa shape index (κ3) is 3.81. The monoisotopic (exact) mass is 368 g/mol. The van der Waals surface area contributed by atoms with Crippen molar-refractivity contribution in [2.75, 3.05) is 20.1 Å². The van der Waals surface area contributed by atoms with E-state index in [-0.39, 0.29) is 11.9 Å². The average molecular weight is 369 g/mol. The number of hydrogen-bond acceptors (Lipinski definition) is 6. The lowest BCUT2D eigenvalue weighted by Gasteiger charge is -2.27.